The number of benzene rings is 1. The Morgan fingerprint density at radius 3 is 2.57 bits per heavy atom. The molecule has 0 bridgehead atoms. The lowest BCUT2D eigenvalue weighted by Gasteiger charge is -2.15. The molecule has 0 heterocycles. The van der Waals surface area contributed by atoms with Crippen molar-refractivity contribution in [3.05, 3.63) is 29.8 Å². The normalized spacial score (nSPS) is 15.5. The molecule has 0 radical (unpaired) electrons. The highest BCUT2D eigenvalue weighted by Crippen LogP contribution is 2.32. The Morgan fingerprint density at radius 1 is 1.32 bits per heavy atom. The molecule has 1 amide bonds. The van der Waals surface area contributed by atoms with E-state index < -0.39 is 16.0 Å². The Kier molecular flexibility index (Phi) is 7.20. The molecule has 28 heavy (non-hydrogen) atoms. The summed E-state index contributed by atoms with van der Waals surface area (Å²) in [4.78, 5) is 23.6. The quantitative estimate of drug-likeness (QED) is 0.488. The van der Waals surface area contributed by atoms with Gasteiger partial charge < -0.3 is 14.8 Å². The van der Waals surface area contributed by atoms with Crippen molar-refractivity contribution < 1.29 is 27.5 Å². The lowest BCUT2D eigenvalue weighted by Crippen LogP contribution is -2.36. The van der Waals surface area contributed by atoms with Crippen LogP contribution < -0.4 is 10.1 Å². The van der Waals surface area contributed by atoms with Crippen molar-refractivity contribution in [3.8, 4) is 5.75 Å². The number of carbonyl (C=O) groups is 2. The van der Waals surface area contributed by atoms with E-state index in [0.717, 1.165) is 23.2 Å². The second-order valence-electron chi connectivity index (χ2n) is 6.83. The first kappa shape index (κ1) is 21.9. The molecule has 1 N–H and O–H groups in total. The van der Waals surface area contributed by atoms with E-state index in [9.17, 15) is 18.0 Å². The largest absolute Gasteiger partial charge is 0.495 e. The molecule has 1 aliphatic rings. The second kappa shape index (κ2) is 9.20. The van der Waals surface area contributed by atoms with Crippen molar-refractivity contribution in [3.63, 3.8) is 0 Å². The molecule has 0 spiro atoms. The van der Waals surface area contributed by atoms with Crippen molar-refractivity contribution in [2.45, 2.75) is 30.7 Å². The summed E-state index contributed by atoms with van der Waals surface area (Å²) in [5.41, 5.74) is 0.477. The van der Waals surface area contributed by atoms with Crippen molar-refractivity contribution in [1.82, 2.24) is 9.62 Å². The van der Waals surface area contributed by atoms with Crippen LogP contribution in [0.15, 0.2) is 29.2 Å². The monoisotopic (exact) mass is 410 g/mol. The smallest absolute Gasteiger partial charge is 0.331 e. The molecule has 1 atom stereocenters. The van der Waals surface area contributed by atoms with Crippen LogP contribution >= 0.6 is 0 Å². The number of rotatable bonds is 9. The van der Waals surface area contributed by atoms with Crippen LogP contribution in [0.3, 0.4) is 0 Å². The number of sulfonamides is 1. The fourth-order valence-electron chi connectivity index (χ4n) is 2.55. The van der Waals surface area contributed by atoms with Gasteiger partial charge in [-0.1, -0.05) is 6.07 Å². The molecule has 154 valence electrons. The van der Waals surface area contributed by atoms with E-state index in [0.29, 0.717) is 11.5 Å². The first-order valence-electron chi connectivity index (χ1n) is 8.90. The third-order valence-electron chi connectivity index (χ3n) is 4.42. The SMILES string of the molecule is COc1ccc(/C=C/C(=O)OCC(=O)N[C@H](C)C2CC2)cc1S(=O)(=O)N(C)C. The van der Waals surface area contributed by atoms with Crippen molar-refractivity contribution >= 4 is 28.0 Å². The van der Waals surface area contributed by atoms with Crippen LogP contribution in [0.5, 0.6) is 5.75 Å². The van der Waals surface area contributed by atoms with E-state index in [-0.39, 0.29) is 29.2 Å². The molecule has 0 saturated heterocycles. The van der Waals surface area contributed by atoms with Gasteiger partial charge in [-0.25, -0.2) is 17.5 Å². The molecule has 0 aromatic heterocycles. The van der Waals surface area contributed by atoms with E-state index >= 15 is 0 Å². The Hall–Kier alpha value is -2.39. The summed E-state index contributed by atoms with van der Waals surface area (Å²) in [5.74, 6) is -0.316. The topological polar surface area (TPSA) is 102 Å². The van der Waals surface area contributed by atoms with Crippen molar-refractivity contribution in [1.29, 1.82) is 0 Å². The first-order chi connectivity index (χ1) is 13.1. The van der Waals surface area contributed by atoms with Crippen LogP contribution in [0.2, 0.25) is 0 Å². The molecule has 0 aliphatic heterocycles. The highest BCUT2D eigenvalue weighted by Gasteiger charge is 2.29. The lowest BCUT2D eigenvalue weighted by atomic mass is 10.2. The molecule has 1 aliphatic carbocycles. The molecule has 9 heteroatoms. The molecule has 1 aromatic rings. The maximum atomic E-state index is 12.4. The molecule has 1 fully saturated rings. The fraction of sp³-hybridized carbons (Fsp3) is 0.474. The maximum Gasteiger partial charge on any atom is 0.331 e. The molecular weight excluding hydrogens is 384 g/mol. The van der Waals surface area contributed by atoms with E-state index in [1.165, 1.54) is 39.4 Å². The van der Waals surface area contributed by atoms with Crippen LogP contribution in [0, 0.1) is 5.92 Å². The van der Waals surface area contributed by atoms with Crippen LogP contribution in [0.1, 0.15) is 25.3 Å². The van der Waals surface area contributed by atoms with Crippen molar-refractivity contribution in [2.24, 2.45) is 5.92 Å². The van der Waals surface area contributed by atoms with Gasteiger partial charge in [0, 0.05) is 26.2 Å². The zero-order valence-electron chi connectivity index (χ0n) is 16.5. The van der Waals surface area contributed by atoms with Gasteiger partial charge in [-0.3, -0.25) is 4.79 Å². The molecule has 8 nitrogen and oxygen atoms in total. The molecule has 1 saturated carbocycles. The summed E-state index contributed by atoms with van der Waals surface area (Å²) in [6, 6.07) is 4.61. The molecular formula is C19H26N2O6S. The second-order valence-corrected chi connectivity index (χ2v) is 8.95. The van der Waals surface area contributed by atoms with Gasteiger partial charge in [0.15, 0.2) is 6.61 Å². The average molecular weight is 410 g/mol. The minimum atomic E-state index is -3.71. The minimum absolute atomic E-state index is 0.0102. The Bertz CT molecular complexity index is 859. The summed E-state index contributed by atoms with van der Waals surface area (Å²) in [7, 11) is 0.511. The van der Waals surface area contributed by atoms with Gasteiger partial charge in [0.2, 0.25) is 10.0 Å². The number of hydrogen-bond donors (Lipinski definition) is 1. The van der Waals surface area contributed by atoms with E-state index in [1.54, 1.807) is 6.07 Å². The standard InChI is InChI=1S/C19H26N2O6S/c1-13(15-7-8-15)20-18(22)12-27-19(23)10-6-14-5-9-16(26-4)17(11-14)28(24,25)21(2)3/h5-6,9-11,13,15H,7-8,12H2,1-4H3,(H,20,22)/b10-6+/t13-/m1/s1. The number of esters is 1. The van der Waals surface area contributed by atoms with Gasteiger partial charge in [0.25, 0.3) is 5.91 Å². The predicted octanol–water partition coefficient (Wildman–Crippen LogP) is 1.42. The number of nitrogens with zero attached hydrogens (tertiary/aromatic N) is 1. The number of ether oxygens (including phenoxy) is 2. The number of amides is 1. The predicted molar refractivity (Wildman–Crippen MR) is 104 cm³/mol. The van der Waals surface area contributed by atoms with Gasteiger partial charge >= 0.3 is 5.97 Å². The van der Waals surface area contributed by atoms with Crippen LogP contribution in [0.25, 0.3) is 6.08 Å². The van der Waals surface area contributed by atoms with Crippen LogP contribution in [-0.4, -0.2) is 58.5 Å². The third-order valence-corrected chi connectivity index (χ3v) is 6.26. The van der Waals surface area contributed by atoms with E-state index in [4.69, 9.17) is 9.47 Å². The average Bonchev–Trinajstić information content (AvgIpc) is 3.49. The van der Waals surface area contributed by atoms with Gasteiger partial charge in [-0.15, -0.1) is 0 Å². The Morgan fingerprint density at radius 2 is 2.00 bits per heavy atom. The number of nitrogens with one attached hydrogen (secondary N) is 1. The third kappa shape index (κ3) is 5.80. The zero-order chi connectivity index (χ0) is 20.9. The molecule has 0 unspecified atom stereocenters. The van der Waals surface area contributed by atoms with E-state index in [2.05, 4.69) is 5.32 Å². The van der Waals surface area contributed by atoms with Gasteiger partial charge in [-0.2, -0.15) is 0 Å². The van der Waals surface area contributed by atoms with E-state index in [1.807, 2.05) is 6.92 Å². The molecule has 2 rings (SSSR count). The minimum Gasteiger partial charge on any atom is -0.495 e. The zero-order valence-corrected chi connectivity index (χ0v) is 17.3. The van der Waals surface area contributed by atoms with Crippen molar-refractivity contribution in [2.75, 3.05) is 27.8 Å². The number of carbonyl (C=O) groups excluding carboxylic acids is 2. The lowest BCUT2D eigenvalue weighted by molar-refractivity contribution is -0.144. The fourth-order valence-corrected chi connectivity index (χ4v) is 3.64. The highest BCUT2D eigenvalue weighted by atomic mass is 32.2. The summed E-state index contributed by atoms with van der Waals surface area (Å²) < 4.78 is 35.9. The summed E-state index contributed by atoms with van der Waals surface area (Å²) >= 11 is 0. The van der Waals surface area contributed by atoms with Gasteiger partial charge in [0.1, 0.15) is 10.6 Å². The Balaban J connectivity index is 1.99. The first-order valence-corrected chi connectivity index (χ1v) is 10.3. The number of hydrogen-bond acceptors (Lipinski definition) is 6. The van der Waals surface area contributed by atoms with Gasteiger partial charge in [-0.05, 0) is 49.5 Å². The summed E-state index contributed by atoms with van der Waals surface area (Å²) in [6.07, 6.45) is 4.78. The van der Waals surface area contributed by atoms with Gasteiger partial charge in [0.05, 0.1) is 7.11 Å². The van der Waals surface area contributed by atoms with Crippen LogP contribution in [-0.2, 0) is 24.3 Å². The molecule has 1 aromatic carbocycles. The maximum absolute atomic E-state index is 12.4. The summed E-state index contributed by atoms with van der Waals surface area (Å²) in [6.45, 7) is 1.57. The number of methoxy groups -OCH3 is 1. The summed E-state index contributed by atoms with van der Waals surface area (Å²) in [5, 5.41) is 2.79. The van der Waals surface area contributed by atoms with Crippen LogP contribution in [0.4, 0.5) is 0 Å². The Labute approximate surface area is 165 Å². The highest BCUT2D eigenvalue weighted by molar-refractivity contribution is 7.89.